The van der Waals surface area contributed by atoms with Gasteiger partial charge in [-0.3, -0.25) is 14.5 Å². The van der Waals surface area contributed by atoms with Crippen LogP contribution in [0.15, 0.2) is 47.7 Å². The number of aromatic carboxylic acids is 1. The van der Waals surface area contributed by atoms with Crippen LogP contribution in [-0.2, 0) is 6.54 Å². The van der Waals surface area contributed by atoms with Crippen molar-refractivity contribution in [2.75, 3.05) is 0 Å². The molecule has 3 aromatic heterocycles. The second kappa shape index (κ2) is 8.53. The van der Waals surface area contributed by atoms with Crippen LogP contribution in [0.2, 0.25) is 0 Å². The molecule has 2 N–H and O–H groups in total. The first-order valence-electron chi connectivity index (χ1n) is 10.9. The predicted octanol–water partition coefficient (Wildman–Crippen LogP) is 2.95. The predicted molar refractivity (Wildman–Crippen MR) is 120 cm³/mol. The van der Waals surface area contributed by atoms with Gasteiger partial charge >= 0.3 is 5.97 Å². The summed E-state index contributed by atoms with van der Waals surface area (Å²) in [7, 11) is 0. The van der Waals surface area contributed by atoms with E-state index in [-0.39, 0.29) is 23.2 Å². The summed E-state index contributed by atoms with van der Waals surface area (Å²) in [6.45, 7) is 2.69. The molecule has 0 saturated heterocycles. The quantitative estimate of drug-likeness (QED) is 0.464. The number of rotatable bonds is 6. The molecule has 0 atom stereocenters. The Balaban J connectivity index is 1.26. The number of nitrogens with one attached hydrogen (secondary N) is 1. The SMILES string of the molecule is Cc1ccc(OC2CCC(Cn3ncc4nc(-n5cc(C(=O)O)cn5)[nH]c(=O)c43)CC2)cc1. The van der Waals surface area contributed by atoms with Gasteiger partial charge in [-0.1, -0.05) is 17.7 Å². The molecule has 0 aliphatic heterocycles. The van der Waals surface area contributed by atoms with Gasteiger partial charge in [0.25, 0.3) is 5.56 Å². The number of carboxylic acids is 1. The molecule has 3 heterocycles. The Hall–Kier alpha value is -3.95. The Morgan fingerprint density at radius 1 is 1.15 bits per heavy atom. The van der Waals surface area contributed by atoms with Gasteiger partial charge in [0, 0.05) is 12.7 Å². The molecule has 10 heteroatoms. The highest BCUT2D eigenvalue weighted by Crippen LogP contribution is 2.29. The minimum Gasteiger partial charge on any atom is -0.490 e. The minimum atomic E-state index is -1.10. The van der Waals surface area contributed by atoms with Crippen molar-refractivity contribution in [2.24, 2.45) is 5.92 Å². The minimum absolute atomic E-state index is 0.00963. The fraction of sp³-hybridized carbons (Fsp3) is 0.348. The lowest BCUT2D eigenvalue weighted by molar-refractivity contribution is 0.0697. The summed E-state index contributed by atoms with van der Waals surface area (Å²) in [5, 5.41) is 17.4. The van der Waals surface area contributed by atoms with Crippen molar-refractivity contribution >= 4 is 17.0 Å². The molecule has 5 rings (SSSR count). The van der Waals surface area contributed by atoms with Gasteiger partial charge in [0.15, 0.2) is 5.52 Å². The second-order valence-corrected chi connectivity index (χ2v) is 8.50. The number of carbonyl (C=O) groups is 1. The number of hydrogen-bond acceptors (Lipinski definition) is 6. The van der Waals surface area contributed by atoms with E-state index in [1.165, 1.54) is 22.6 Å². The first-order chi connectivity index (χ1) is 16.0. The number of nitrogens with zero attached hydrogens (tertiary/aromatic N) is 5. The number of ether oxygens (including phenoxy) is 1. The lowest BCUT2D eigenvalue weighted by Crippen LogP contribution is -2.27. The molecule has 0 amide bonds. The summed E-state index contributed by atoms with van der Waals surface area (Å²) in [5.74, 6) is 0.349. The van der Waals surface area contributed by atoms with Gasteiger partial charge in [-0.15, -0.1) is 0 Å². The summed E-state index contributed by atoms with van der Waals surface area (Å²) >= 11 is 0. The highest BCUT2D eigenvalue weighted by atomic mass is 16.5. The molecule has 1 aliphatic carbocycles. The molecule has 170 valence electrons. The van der Waals surface area contributed by atoms with Crippen LogP contribution >= 0.6 is 0 Å². The fourth-order valence-electron chi connectivity index (χ4n) is 4.28. The maximum atomic E-state index is 12.8. The molecule has 0 unspecified atom stereocenters. The maximum absolute atomic E-state index is 12.8. The Bertz CT molecular complexity index is 1350. The zero-order valence-corrected chi connectivity index (χ0v) is 18.1. The zero-order chi connectivity index (χ0) is 22.9. The summed E-state index contributed by atoms with van der Waals surface area (Å²) in [6, 6.07) is 8.13. The molecule has 1 aliphatic rings. The molecule has 33 heavy (non-hydrogen) atoms. The average molecular weight is 448 g/mol. The number of H-pyrrole nitrogens is 1. The Morgan fingerprint density at radius 3 is 2.61 bits per heavy atom. The van der Waals surface area contributed by atoms with Gasteiger partial charge in [0.1, 0.15) is 11.3 Å². The summed E-state index contributed by atoms with van der Waals surface area (Å²) < 4.78 is 9.07. The van der Waals surface area contributed by atoms with Crippen LogP contribution in [0.25, 0.3) is 17.0 Å². The third-order valence-electron chi connectivity index (χ3n) is 6.08. The van der Waals surface area contributed by atoms with Crippen molar-refractivity contribution in [1.29, 1.82) is 0 Å². The normalized spacial score (nSPS) is 18.5. The Labute approximate surface area is 188 Å². The van der Waals surface area contributed by atoms with E-state index in [1.807, 2.05) is 12.1 Å². The van der Waals surface area contributed by atoms with E-state index >= 15 is 0 Å². The summed E-state index contributed by atoms with van der Waals surface area (Å²) in [5.41, 5.74) is 1.73. The van der Waals surface area contributed by atoms with Gasteiger partial charge < -0.3 is 9.84 Å². The van der Waals surface area contributed by atoms with Crippen molar-refractivity contribution < 1.29 is 14.6 Å². The Kier molecular flexibility index (Phi) is 5.41. The fourth-order valence-corrected chi connectivity index (χ4v) is 4.28. The standard InChI is InChI=1S/C23H24N6O4/c1-14-2-6-17(7-3-14)33-18-8-4-15(5-9-18)12-28-20-19(11-25-28)26-23(27-21(20)30)29-13-16(10-24-29)22(31)32/h2-3,6-7,10-11,13,15,18H,4-5,8-9,12H2,1H3,(H,31,32)(H,26,27,30). The van der Waals surface area contributed by atoms with Gasteiger partial charge in [-0.2, -0.15) is 10.2 Å². The number of benzene rings is 1. The zero-order valence-electron chi connectivity index (χ0n) is 18.1. The number of aromatic nitrogens is 6. The van der Waals surface area contributed by atoms with Crippen LogP contribution in [0.3, 0.4) is 0 Å². The number of fused-ring (bicyclic) bond motifs is 1. The highest BCUT2D eigenvalue weighted by Gasteiger charge is 2.24. The van der Waals surface area contributed by atoms with Crippen molar-refractivity contribution in [2.45, 2.75) is 45.3 Å². The topological polar surface area (TPSA) is 128 Å². The largest absolute Gasteiger partial charge is 0.490 e. The van der Waals surface area contributed by atoms with Crippen LogP contribution in [0.4, 0.5) is 0 Å². The van der Waals surface area contributed by atoms with Crippen molar-refractivity contribution in [3.8, 4) is 11.7 Å². The number of aromatic amines is 1. The lowest BCUT2D eigenvalue weighted by Gasteiger charge is -2.29. The van der Waals surface area contributed by atoms with Gasteiger partial charge in [-0.25, -0.2) is 14.5 Å². The molecule has 0 spiro atoms. The number of aryl methyl sites for hydroxylation is 1. The van der Waals surface area contributed by atoms with E-state index in [4.69, 9.17) is 9.84 Å². The maximum Gasteiger partial charge on any atom is 0.338 e. The summed E-state index contributed by atoms with van der Waals surface area (Å²) in [4.78, 5) is 30.9. The van der Waals surface area contributed by atoms with E-state index in [1.54, 1.807) is 10.9 Å². The molecule has 1 aromatic carbocycles. The molecule has 0 bridgehead atoms. The van der Waals surface area contributed by atoms with Crippen LogP contribution in [0.1, 0.15) is 41.6 Å². The van der Waals surface area contributed by atoms with E-state index in [2.05, 4.69) is 39.2 Å². The smallest absolute Gasteiger partial charge is 0.338 e. The molecule has 10 nitrogen and oxygen atoms in total. The van der Waals surface area contributed by atoms with Crippen LogP contribution in [0, 0.1) is 12.8 Å². The third kappa shape index (κ3) is 4.36. The number of carboxylic acid groups (broad SMARTS) is 1. The van der Waals surface area contributed by atoms with Crippen molar-refractivity contribution in [3.63, 3.8) is 0 Å². The van der Waals surface area contributed by atoms with Crippen molar-refractivity contribution in [3.05, 3.63) is 64.3 Å². The average Bonchev–Trinajstić information content (AvgIpc) is 3.45. The molecule has 1 saturated carbocycles. The Morgan fingerprint density at radius 2 is 1.91 bits per heavy atom. The van der Waals surface area contributed by atoms with E-state index < -0.39 is 5.97 Å². The third-order valence-corrected chi connectivity index (χ3v) is 6.08. The second-order valence-electron chi connectivity index (χ2n) is 8.50. The number of hydrogen-bond donors (Lipinski definition) is 2. The van der Waals surface area contributed by atoms with E-state index in [9.17, 15) is 9.59 Å². The highest BCUT2D eigenvalue weighted by molar-refractivity contribution is 5.87. The monoisotopic (exact) mass is 448 g/mol. The van der Waals surface area contributed by atoms with E-state index in [0.717, 1.165) is 31.4 Å². The molecular weight excluding hydrogens is 424 g/mol. The van der Waals surface area contributed by atoms with Crippen LogP contribution in [0.5, 0.6) is 5.75 Å². The molecule has 1 fully saturated rings. The first kappa shape index (κ1) is 20.9. The first-order valence-corrected chi connectivity index (χ1v) is 10.9. The molecular formula is C23H24N6O4. The van der Waals surface area contributed by atoms with Gasteiger partial charge in [0.2, 0.25) is 5.95 Å². The van der Waals surface area contributed by atoms with E-state index in [0.29, 0.717) is 23.5 Å². The van der Waals surface area contributed by atoms with Crippen LogP contribution in [-0.4, -0.2) is 46.7 Å². The van der Waals surface area contributed by atoms with Gasteiger partial charge in [0.05, 0.1) is 24.1 Å². The lowest BCUT2D eigenvalue weighted by atomic mass is 9.87. The van der Waals surface area contributed by atoms with Crippen LogP contribution < -0.4 is 10.3 Å². The molecule has 0 radical (unpaired) electrons. The molecule has 4 aromatic rings. The van der Waals surface area contributed by atoms with Gasteiger partial charge in [-0.05, 0) is 50.7 Å². The summed E-state index contributed by atoms with van der Waals surface area (Å²) in [6.07, 6.45) is 8.17. The van der Waals surface area contributed by atoms with Crippen molar-refractivity contribution in [1.82, 2.24) is 29.5 Å².